The van der Waals surface area contributed by atoms with Gasteiger partial charge in [0.25, 0.3) is 5.91 Å². The third-order valence-corrected chi connectivity index (χ3v) is 3.84. The average Bonchev–Trinajstić information content (AvgIpc) is 2.93. The van der Waals surface area contributed by atoms with E-state index < -0.39 is 11.9 Å². The number of benzene rings is 1. The smallest absolute Gasteiger partial charge is 0.356 e. The summed E-state index contributed by atoms with van der Waals surface area (Å²) in [4.78, 5) is 31.6. The number of halogens is 2. The molecule has 3 aromatic rings. The van der Waals surface area contributed by atoms with Gasteiger partial charge in [-0.05, 0) is 25.1 Å². The fourth-order valence-electron chi connectivity index (χ4n) is 2.41. The van der Waals surface area contributed by atoms with Crippen LogP contribution in [0.3, 0.4) is 0 Å². The lowest BCUT2D eigenvalue weighted by Gasteiger charge is -2.08. The molecule has 0 aliphatic rings. The van der Waals surface area contributed by atoms with E-state index >= 15 is 0 Å². The Labute approximate surface area is 153 Å². The van der Waals surface area contributed by atoms with Crippen LogP contribution in [0.4, 0.5) is 5.69 Å². The van der Waals surface area contributed by atoms with Crippen molar-refractivity contribution in [3.05, 3.63) is 58.0 Å². The highest BCUT2D eigenvalue weighted by Crippen LogP contribution is 2.29. The highest BCUT2D eigenvalue weighted by molar-refractivity contribution is 6.33. The van der Waals surface area contributed by atoms with Crippen molar-refractivity contribution in [2.45, 2.75) is 6.92 Å². The molecule has 0 saturated carbocycles. The van der Waals surface area contributed by atoms with Crippen LogP contribution in [0, 0.1) is 0 Å². The Morgan fingerprint density at radius 1 is 1.20 bits per heavy atom. The van der Waals surface area contributed by atoms with Crippen LogP contribution in [-0.4, -0.2) is 28.5 Å². The molecule has 0 radical (unpaired) electrons. The van der Waals surface area contributed by atoms with Gasteiger partial charge in [0.05, 0.1) is 12.3 Å². The quantitative estimate of drug-likeness (QED) is 0.524. The largest absolute Gasteiger partial charge is 0.461 e. The van der Waals surface area contributed by atoms with Crippen LogP contribution in [0.15, 0.2) is 36.4 Å². The molecule has 1 aromatic carbocycles. The van der Waals surface area contributed by atoms with Crippen molar-refractivity contribution in [3.63, 3.8) is 0 Å². The molecule has 8 heteroatoms. The number of esters is 1. The van der Waals surface area contributed by atoms with Gasteiger partial charge in [-0.3, -0.25) is 4.79 Å². The summed E-state index contributed by atoms with van der Waals surface area (Å²) in [5.41, 5.74) is 1.43. The minimum atomic E-state index is -0.556. The molecule has 0 atom stereocenters. The van der Waals surface area contributed by atoms with Gasteiger partial charge < -0.3 is 15.0 Å². The first-order chi connectivity index (χ1) is 12.0. The number of hydrogen-bond donors (Lipinski definition) is 2. The first-order valence-corrected chi connectivity index (χ1v) is 8.17. The molecule has 1 amide bonds. The summed E-state index contributed by atoms with van der Waals surface area (Å²) in [5, 5.41) is 3.61. The fraction of sp³-hybridized carbons (Fsp3) is 0.118. The van der Waals surface area contributed by atoms with Crippen molar-refractivity contribution in [2.75, 3.05) is 11.9 Å². The summed E-state index contributed by atoms with van der Waals surface area (Å²) in [6.45, 7) is 1.93. The van der Waals surface area contributed by atoms with Crippen molar-refractivity contribution >= 4 is 51.7 Å². The molecule has 0 bridgehead atoms. The molecule has 6 nitrogen and oxygen atoms in total. The minimum absolute atomic E-state index is 0.0993. The standard InChI is InChI=1S/C17H13Cl2N3O3/c1-2-25-17(24)15-14(10-5-3-4-6-11(10)20-15)22-16(23)9-7-12(18)21-13(19)8-9/h3-8,20H,2H2,1H3,(H,22,23). The zero-order valence-electron chi connectivity index (χ0n) is 13.1. The SMILES string of the molecule is CCOC(=O)c1[nH]c2ccccc2c1NC(=O)c1cc(Cl)nc(Cl)c1. The van der Waals surface area contributed by atoms with E-state index in [2.05, 4.69) is 15.3 Å². The number of hydrogen-bond acceptors (Lipinski definition) is 4. The molecule has 0 fully saturated rings. The van der Waals surface area contributed by atoms with E-state index in [9.17, 15) is 9.59 Å². The van der Waals surface area contributed by atoms with Crippen LogP contribution in [0.1, 0.15) is 27.8 Å². The summed E-state index contributed by atoms with van der Waals surface area (Å²) >= 11 is 11.7. The third-order valence-electron chi connectivity index (χ3n) is 3.45. The molecule has 2 N–H and O–H groups in total. The second-order valence-electron chi connectivity index (χ2n) is 5.10. The van der Waals surface area contributed by atoms with Crippen molar-refractivity contribution in [3.8, 4) is 0 Å². The van der Waals surface area contributed by atoms with Gasteiger partial charge in [0.15, 0.2) is 0 Å². The number of aromatic nitrogens is 2. The van der Waals surface area contributed by atoms with E-state index in [0.29, 0.717) is 16.6 Å². The predicted molar refractivity (Wildman–Crippen MR) is 96.5 cm³/mol. The number of ether oxygens (including phenoxy) is 1. The number of pyridine rings is 1. The molecule has 2 heterocycles. The normalized spacial score (nSPS) is 10.7. The van der Waals surface area contributed by atoms with Crippen LogP contribution in [0.25, 0.3) is 10.9 Å². The maximum atomic E-state index is 12.6. The van der Waals surface area contributed by atoms with Gasteiger partial charge in [-0.2, -0.15) is 0 Å². The van der Waals surface area contributed by atoms with E-state index in [1.165, 1.54) is 12.1 Å². The van der Waals surface area contributed by atoms with Gasteiger partial charge in [0.1, 0.15) is 16.0 Å². The maximum Gasteiger partial charge on any atom is 0.356 e. The van der Waals surface area contributed by atoms with Crippen molar-refractivity contribution in [2.24, 2.45) is 0 Å². The van der Waals surface area contributed by atoms with Crippen molar-refractivity contribution < 1.29 is 14.3 Å². The second-order valence-corrected chi connectivity index (χ2v) is 5.87. The fourth-order valence-corrected chi connectivity index (χ4v) is 2.87. The average molecular weight is 378 g/mol. The lowest BCUT2D eigenvalue weighted by Crippen LogP contribution is -2.15. The number of rotatable bonds is 4. The molecule has 0 aliphatic heterocycles. The minimum Gasteiger partial charge on any atom is -0.461 e. The van der Waals surface area contributed by atoms with Crippen LogP contribution >= 0.6 is 23.2 Å². The van der Waals surface area contributed by atoms with Crippen molar-refractivity contribution in [1.29, 1.82) is 0 Å². The number of H-pyrrole nitrogens is 1. The molecule has 2 aromatic heterocycles. The van der Waals surface area contributed by atoms with Gasteiger partial charge in [-0.1, -0.05) is 41.4 Å². The Hall–Kier alpha value is -2.57. The Morgan fingerprint density at radius 3 is 2.56 bits per heavy atom. The highest BCUT2D eigenvalue weighted by Gasteiger charge is 2.21. The van der Waals surface area contributed by atoms with Crippen LogP contribution < -0.4 is 5.32 Å². The Balaban J connectivity index is 2.03. The zero-order chi connectivity index (χ0) is 18.0. The number of carbonyl (C=O) groups is 2. The number of anilines is 1. The number of carbonyl (C=O) groups excluding carboxylic acids is 2. The van der Waals surface area contributed by atoms with Crippen molar-refractivity contribution in [1.82, 2.24) is 9.97 Å². The topological polar surface area (TPSA) is 84.1 Å². The van der Waals surface area contributed by atoms with Crippen LogP contribution in [0.5, 0.6) is 0 Å². The second kappa shape index (κ2) is 7.13. The summed E-state index contributed by atoms with van der Waals surface area (Å²) in [6.07, 6.45) is 0. The van der Waals surface area contributed by atoms with Gasteiger partial charge in [-0.15, -0.1) is 0 Å². The summed E-state index contributed by atoms with van der Waals surface area (Å²) in [7, 11) is 0. The van der Waals surface area contributed by atoms with Crippen LogP contribution in [0.2, 0.25) is 10.3 Å². The molecule has 0 unspecified atom stereocenters. The van der Waals surface area contributed by atoms with Gasteiger partial charge in [0.2, 0.25) is 0 Å². The van der Waals surface area contributed by atoms with E-state index in [1.54, 1.807) is 25.1 Å². The Morgan fingerprint density at radius 2 is 1.88 bits per heavy atom. The summed E-state index contributed by atoms with van der Waals surface area (Å²) in [5.74, 6) is -1.03. The number of amides is 1. The maximum absolute atomic E-state index is 12.6. The predicted octanol–water partition coefficient (Wildman–Crippen LogP) is 4.30. The lowest BCUT2D eigenvalue weighted by molar-refractivity contribution is 0.0522. The van der Waals surface area contributed by atoms with Gasteiger partial charge in [0, 0.05) is 16.5 Å². The molecule has 128 valence electrons. The number of aromatic amines is 1. The molecule has 0 spiro atoms. The number of nitrogens with zero attached hydrogens (tertiary/aromatic N) is 1. The molecular weight excluding hydrogens is 365 g/mol. The Bertz CT molecular complexity index is 949. The van der Waals surface area contributed by atoms with E-state index in [4.69, 9.17) is 27.9 Å². The number of para-hydroxylation sites is 1. The molecule has 25 heavy (non-hydrogen) atoms. The molecule has 3 rings (SSSR count). The van der Waals surface area contributed by atoms with E-state index in [-0.39, 0.29) is 28.2 Å². The number of fused-ring (bicyclic) bond motifs is 1. The lowest BCUT2D eigenvalue weighted by atomic mass is 10.2. The zero-order valence-corrected chi connectivity index (χ0v) is 14.6. The monoisotopic (exact) mass is 377 g/mol. The van der Waals surface area contributed by atoms with E-state index in [1.807, 2.05) is 6.07 Å². The first-order valence-electron chi connectivity index (χ1n) is 7.42. The Kier molecular flexibility index (Phi) is 4.92. The van der Waals surface area contributed by atoms with Gasteiger partial charge in [-0.25, -0.2) is 9.78 Å². The highest BCUT2D eigenvalue weighted by atomic mass is 35.5. The summed E-state index contributed by atoms with van der Waals surface area (Å²) < 4.78 is 5.05. The molecule has 0 saturated heterocycles. The molecule has 0 aliphatic carbocycles. The first kappa shape index (κ1) is 17.3. The van der Waals surface area contributed by atoms with Crippen LogP contribution in [-0.2, 0) is 4.74 Å². The van der Waals surface area contributed by atoms with E-state index in [0.717, 1.165) is 0 Å². The number of nitrogens with one attached hydrogen (secondary N) is 2. The summed E-state index contributed by atoms with van der Waals surface area (Å²) in [6, 6.07) is 10.00. The third kappa shape index (κ3) is 3.60. The molecular formula is C17H13Cl2N3O3. The van der Waals surface area contributed by atoms with Gasteiger partial charge >= 0.3 is 5.97 Å².